The fourth-order valence-electron chi connectivity index (χ4n) is 2.30. The van der Waals surface area contributed by atoms with Crippen molar-refractivity contribution in [3.63, 3.8) is 0 Å². The molecule has 2 heterocycles. The van der Waals surface area contributed by atoms with Crippen molar-refractivity contribution < 1.29 is 9.53 Å². The van der Waals surface area contributed by atoms with E-state index in [0.29, 0.717) is 30.0 Å². The van der Waals surface area contributed by atoms with Gasteiger partial charge in [0.2, 0.25) is 0 Å². The number of benzene rings is 1. The van der Waals surface area contributed by atoms with Crippen LogP contribution in [0.4, 0.5) is 5.82 Å². The zero-order chi connectivity index (χ0) is 17.6. The highest BCUT2D eigenvalue weighted by Gasteiger charge is 2.11. The van der Waals surface area contributed by atoms with Crippen molar-refractivity contribution in [3.8, 4) is 5.75 Å². The molecular weight excluding hydrogens is 388 g/mol. The molecule has 2 aromatic heterocycles. The van der Waals surface area contributed by atoms with Crippen molar-refractivity contribution in [2.24, 2.45) is 0 Å². The lowest BCUT2D eigenvalue weighted by atomic mass is 10.2. The Kier molecular flexibility index (Phi) is 5.44. The second-order valence-corrected chi connectivity index (χ2v) is 6.09. The monoisotopic (exact) mass is 404 g/mol. The van der Waals surface area contributed by atoms with E-state index in [1.807, 2.05) is 0 Å². The third kappa shape index (κ3) is 4.05. The van der Waals surface area contributed by atoms with Gasteiger partial charge in [0, 0.05) is 17.6 Å². The van der Waals surface area contributed by atoms with Gasteiger partial charge in [-0.2, -0.15) is 5.10 Å². The quantitative estimate of drug-likeness (QED) is 0.522. The van der Waals surface area contributed by atoms with Gasteiger partial charge in [-0.15, -0.1) is 0 Å². The number of methoxy groups -OCH3 is 1. The Morgan fingerprint density at radius 1 is 1.32 bits per heavy atom. The molecule has 0 aliphatic heterocycles. The number of fused-ring (bicyclic) bond motifs is 1. The molecule has 0 bridgehead atoms. The van der Waals surface area contributed by atoms with Crippen LogP contribution in [-0.2, 0) is 0 Å². The van der Waals surface area contributed by atoms with Gasteiger partial charge in [0.1, 0.15) is 17.9 Å². The van der Waals surface area contributed by atoms with E-state index >= 15 is 0 Å². The Bertz CT molecular complexity index is 882. The molecule has 8 nitrogen and oxygen atoms in total. The van der Waals surface area contributed by atoms with Crippen molar-refractivity contribution in [1.82, 2.24) is 25.5 Å². The van der Waals surface area contributed by atoms with Gasteiger partial charge in [-0.25, -0.2) is 9.97 Å². The van der Waals surface area contributed by atoms with Gasteiger partial charge in [0.05, 0.1) is 24.3 Å². The van der Waals surface area contributed by atoms with E-state index in [1.54, 1.807) is 31.5 Å². The molecule has 0 saturated heterocycles. The van der Waals surface area contributed by atoms with Gasteiger partial charge in [-0.3, -0.25) is 9.89 Å². The van der Waals surface area contributed by atoms with Crippen molar-refractivity contribution in [2.45, 2.75) is 6.42 Å². The molecule has 3 rings (SSSR count). The molecule has 0 saturated carbocycles. The zero-order valence-corrected chi connectivity index (χ0v) is 15.1. The second kappa shape index (κ2) is 7.93. The number of rotatable bonds is 7. The lowest BCUT2D eigenvalue weighted by Gasteiger charge is -2.09. The number of anilines is 1. The number of amides is 1. The summed E-state index contributed by atoms with van der Waals surface area (Å²) in [6.45, 7) is 1.20. The van der Waals surface area contributed by atoms with Crippen LogP contribution >= 0.6 is 15.9 Å². The van der Waals surface area contributed by atoms with Crippen LogP contribution in [0, 0.1) is 0 Å². The molecule has 0 aliphatic rings. The Labute approximate surface area is 152 Å². The molecule has 25 heavy (non-hydrogen) atoms. The maximum atomic E-state index is 12.3. The van der Waals surface area contributed by atoms with Crippen LogP contribution in [0.25, 0.3) is 11.0 Å². The number of H-pyrrole nitrogens is 1. The second-order valence-electron chi connectivity index (χ2n) is 5.24. The fourth-order valence-corrected chi connectivity index (χ4v) is 2.73. The van der Waals surface area contributed by atoms with Crippen LogP contribution in [0.3, 0.4) is 0 Å². The predicted octanol–water partition coefficient (Wildman–Crippen LogP) is 2.36. The molecule has 0 spiro atoms. The smallest absolute Gasteiger partial charge is 0.252 e. The van der Waals surface area contributed by atoms with Crippen LogP contribution < -0.4 is 15.4 Å². The number of nitrogens with one attached hydrogen (secondary N) is 3. The Hall–Kier alpha value is -2.68. The molecule has 0 fully saturated rings. The normalized spacial score (nSPS) is 10.6. The number of hydrogen-bond acceptors (Lipinski definition) is 6. The molecular formula is C16H17BrN6O2. The van der Waals surface area contributed by atoms with E-state index < -0.39 is 0 Å². The average Bonchev–Trinajstić information content (AvgIpc) is 3.11. The molecule has 0 unspecified atom stereocenters. The molecule has 130 valence electrons. The maximum Gasteiger partial charge on any atom is 0.252 e. The first-order valence-corrected chi connectivity index (χ1v) is 8.48. The van der Waals surface area contributed by atoms with Crippen LogP contribution in [0.15, 0.2) is 35.2 Å². The number of carbonyl (C=O) groups excluding carboxylic acids is 1. The molecule has 0 atom stereocenters. The van der Waals surface area contributed by atoms with E-state index in [1.165, 1.54) is 6.33 Å². The molecule has 0 radical (unpaired) electrons. The Morgan fingerprint density at radius 3 is 3.04 bits per heavy atom. The van der Waals surface area contributed by atoms with Crippen LogP contribution in [0.5, 0.6) is 5.75 Å². The highest BCUT2D eigenvalue weighted by molar-refractivity contribution is 9.10. The van der Waals surface area contributed by atoms with E-state index in [2.05, 4.69) is 46.7 Å². The number of aromatic nitrogens is 4. The number of ether oxygens (including phenoxy) is 1. The molecule has 9 heteroatoms. The minimum atomic E-state index is -0.148. The molecule has 3 aromatic rings. The van der Waals surface area contributed by atoms with E-state index in [0.717, 1.165) is 22.1 Å². The minimum Gasteiger partial charge on any atom is -0.497 e. The van der Waals surface area contributed by atoms with Crippen molar-refractivity contribution in [1.29, 1.82) is 0 Å². The third-order valence-corrected chi connectivity index (χ3v) is 4.29. The largest absolute Gasteiger partial charge is 0.497 e. The molecule has 0 aliphatic carbocycles. The summed E-state index contributed by atoms with van der Waals surface area (Å²) in [6.07, 6.45) is 3.90. The first-order chi connectivity index (χ1) is 12.2. The van der Waals surface area contributed by atoms with Gasteiger partial charge in [0.15, 0.2) is 5.65 Å². The van der Waals surface area contributed by atoms with E-state index in [9.17, 15) is 4.79 Å². The van der Waals surface area contributed by atoms with Gasteiger partial charge in [0.25, 0.3) is 5.91 Å². The van der Waals surface area contributed by atoms with Crippen LogP contribution in [0.2, 0.25) is 0 Å². The topological polar surface area (TPSA) is 105 Å². The van der Waals surface area contributed by atoms with E-state index in [4.69, 9.17) is 4.74 Å². The Balaban J connectivity index is 1.49. The predicted molar refractivity (Wildman–Crippen MR) is 97.8 cm³/mol. The highest BCUT2D eigenvalue weighted by Crippen LogP contribution is 2.22. The van der Waals surface area contributed by atoms with Crippen LogP contribution in [0.1, 0.15) is 16.8 Å². The maximum absolute atomic E-state index is 12.3. The first-order valence-electron chi connectivity index (χ1n) is 7.68. The minimum absolute atomic E-state index is 0.148. The summed E-state index contributed by atoms with van der Waals surface area (Å²) in [7, 11) is 1.57. The fraction of sp³-hybridized carbons (Fsp3) is 0.250. The number of halogens is 1. The van der Waals surface area contributed by atoms with Gasteiger partial charge < -0.3 is 15.4 Å². The summed E-state index contributed by atoms with van der Waals surface area (Å²) in [5.74, 6) is 1.22. The van der Waals surface area contributed by atoms with Gasteiger partial charge in [-0.05, 0) is 40.5 Å². The summed E-state index contributed by atoms with van der Waals surface area (Å²) in [5.41, 5.74) is 1.23. The van der Waals surface area contributed by atoms with Gasteiger partial charge >= 0.3 is 0 Å². The standard InChI is InChI=1S/C16H17BrN6O2/c1-25-10-3-4-13(17)11(7-10)16(24)19-6-2-5-18-14-12-8-22-23-15(12)21-9-20-14/h3-4,7-9H,2,5-6H2,1H3,(H,19,24)(H2,18,20,21,22,23). The number of aromatic amines is 1. The lowest BCUT2D eigenvalue weighted by Crippen LogP contribution is -2.26. The summed E-state index contributed by atoms with van der Waals surface area (Å²) >= 11 is 3.38. The van der Waals surface area contributed by atoms with Crippen LogP contribution in [-0.4, -0.2) is 46.3 Å². The first kappa shape index (κ1) is 17.2. The SMILES string of the molecule is COc1ccc(Br)c(C(=O)NCCCNc2ncnc3[nH]ncc23)c1. The molecule has 1 aromatic carbocycles. The van der Waals surface area contributed by atoms with Crippen molar-refractivity contribution in [2.75, 3.05) is 25.5 Å². The molecule has 3 N–H and O–H groups in total. The summed E-state index contributed by atoms with van der Waals surface area (Å²) in [5, 5.41) is 13.7. The molecule has 1 amide bonds. The summed E-state index contributed by atoms with van der Waals surface area (Å²) in [4.78, 5) is 20.5. The number of carbonyl (C=O) groups is 1. The Morgan fingerprint density at radius 2 is 2.20 bits per heavy atom. The van der Waals surface area contributed by atoms with E-state index in [-0.39, 0.29) is 5.91 Å². The zero-order valence-electron chi connectivity index (χ0n) is 13.5. The average molecular weight is 405 g/mol. The summed E-state index contributed by atoms with van der Waals surface area (Å²) in [6, 6.07) is 5.29. The summed E-state index contributed by atoms with van der Waals surface area (Å²) < 4.78 is 5.88. The number of hydrogen-bond donors (Lipinski definition) is 3. The lowest BCUT2D eigenvalue weighted by molar-refractivity contribution is 0.0952. The van der Waals surface area contributed by atoms with Crippen molar-refractivity contribution >= 4 is 38.7 Å². The van der Waals surface area contributed by atoms with Crippen molar-refractivity contribution in [3.05, 3.63) is 40.8 Å². The highest BCUT2D eigenvalue weighted by atomic mass is 79.9. The number of nitrogens with zero attached hydrogens (tertiary/aromatic N) is 3. The third-order valence-electron chi connectivity index (χ3n) is 3.60. The van der Waals surface area contributed by atoms with Gasteiger partial charge in [-0.1, -0.05) is 0 Å².